The Balaban J connectivity index is 1.96. The highest BCUT2D eigenvalue weighted by Crippen LogP contribution is 2.28. The lowest BCUT2D eigenvalue weighted by Gasteiger charge is -2.26. The Bertz CT molecular complexity index is 570. The maximum atomic E-state index is 6.35. The number of benzene rings is 1. The predicted octanol–water partition coefficient (Wildman–Crippen LogP) is 2.72. The molecule has 2 aromatic rings. The Morgan fingerprint density at radius 1 is 1.26 bits per heavy atom. The molecule has 19 heavy (non-hydrogen) atoms. The summed E-state index contributed by atoms with van der Waals surface area (Å²) in [6.45, 7) is 8.57. The number of piperazine rings is 1. The van der Waals surface area contributed by atoms with Crippen LogP contribution in [-0.4, -0.2) is 35.6 Å². The van der Waals surface area contributed by atoms with Crippen molar-refractivity contribution < 1.29 is 0 Å². The van der Waals surface area contributed by atoms with Crippen LogP contribution in [0.2, 0.25) is 5.02 Å². The van der Waals surface area contributed by atoms with Crippen molar-refractivity contribution in [3.8, 4) is 0 Å². The molecule has 0 bridgehead atoms. The van der Waals surface area contributed by atoms with E-state index in [0.717, 1.165) is 44.3 Å². The number of aromatic nitrogens is 1. The molecule has 0 spiro atoms. The van der Waals surface area contributed by atoms with E-state index in [1.54, 1.807) is 0 Å². The molecule has 1 aromatic heterocycles. The van der Waals surface area contributed by atoms with Gasteiger partial charge in [-0.2, -0.15) is 0 Å². The van der Waals surface area contributed by atoms with Crippen LogP contribution in [0.4, 0.5) is 0 Å². The molecule has 1 aliphatic heterocycles. The fourth-order valence-corrected chi connectivity index (χ4v) is 3.16. The molecule has 0 saturated carbocycles. The van der Waals surface area contributed by atoms with Gasteiger partial charge in [0.05, 0.1) is 10.5 Å². The van der Waals surface area contributed by atoms with Crippen LogP contribution in [0.5, 0.6) is 0 Å². The fourth-order valence-electron chi connectivity index (χ4n) is 2.87. The van der Waals surface area contributed by atoms with Crippen LogP contribution >= 0.6 is 11.6 Å². The number of nitrogens with one attached hydrogen (secondary N) is 1. The largest absolute Gasteiger partial charge is 0.346 e. The first-order chi connectivity index (χ1) is 9.29. The molecule has 1 aromatic carbocycles. The SMILES string of the molecule is CCn1cc(CN2CCNCC2)c2cccc(Cl)c21. The van der Waals surface area contributed by atoms with Gasteiger partial charge in [-0.3, -0.25) is 4.90 Å². The minimum atomic E-state index is 0.853. The lowest BCUT2D eigenvalue weighted by Crippen LogP contribution is -2.42. The molecule has 1 aliphatic rings. The number of halogens is 1. The zero-order valence-corrected chi connectivity index (χ0v) is 12.1. The summed E-state index contributed by atoms with van der Waals surface area (Å²) in [6.07, 6.45) is 2.26. The van der Waals surface area contributed by atoms with E-state index in [1.807, 2.05) is 12.1 Å². The average molecular weight is 278 g/mol. The van der Waals surface area contributed by atoms with Crippen molar-refractivity contribution in [1.82, 2.24) is 14.8 Å². The molecule has 102 valence electrons. The molecule has 1 N–H and O–H groups in total. The quantitative estimate of drug-likeness (QED) is 0.931. The van der Waals surface area contributed by atoms with Gasteiger partial charge in [-0.05, 0) is 18.6 Å². The molecule has 3 nitrogen and oxygen atoms in total. The first-order valence-corrected chi connectivity index (χ1v) is 7.36. The molecule has 2 heterocycles. The summed E-state index contributed by atoms with van der Waals surface area (Å²) < 4.78 is 2.26. The van der Waals surface area contributed by atoms with Gasteiger partial charge in [0, 0.05) is 50.9 Å². The van der Waals surface area contributed by atoms with Gasteiger partial charge in [-0.1, -0.05) is 23.7 Å². The molecule has 4 heteroatoms. The minimum Gasteiger partial charge on any atom is -0.346 e. The van der Waals surface area contributed by atoms with Gasteiger partial charge in [0.25, 0.3) is 0 Å². The standard InChI is InChI=1S/C15H20ClN3/c1-2-19-11-12(10-18-8-6-17-7-9-18)13-4-3-5-14(16)15(13)19/h3-5,11,17H,2,6-10H2,1H3. The van der Waals surface area contributed by atoms with Crippen LogP contribution in [0, 0.1) is 0 Å². The van der Waals surface area contributed by atoms with E-state index in [9.17, 15) is 0 Å². The van der Waals surface area contributed by atoms with E-state index in [2.05, 4.69) is 34.0 Å². The monoisotopic (exact) mass is 277 g/mol. The van der Waals surface area contributed by atoms with Crippen molar-refractivity contribution in [2.45, 2.75) is 20.0 Å². The second-order valence-corrected chi connectivity index (χ2v) is 5.51. The van der Waals surface area contributed by atoms with Gasteiger partial charge in [0.15, 0.2) is 0 Å². The zero-order chi connectivity index (χ0) is 13.2. The predicted molar refractivity (Wildman–Crippen MR) is 80.8 cm³/mol. The normalized spacial score (nSPS) is 17.2. The van der Waals surface area contributed by atoms with Gasteiger partial charge in [0.2, 0.25) is 0 Å². The first-order valence-electron chi connectivity index (χ1n) is 6.99. The van der Waals surface area contributed by atoms with Crippen LogP contribution < -0.4 is 5.32 Å². The maximum Gasteiger partial charge on any atom is 0.0672 e. The van der Waals surface area contributed by atoms with Gasteiger partial charge < -0.3 is 9.88 Å². The Hall–Kier alpha value is -1.03. The van der Waals surface area contributed by atoms with Crippen LogP contribution in [0.1, 0.15) is 12.5 Å². The highest BCUT2D eigenvalue weighted by molar-refractivity contribution is 6.35. The number of para-hydroxylation sites is 1. The van der Waals surface area contributed by atoms with Crippen molar-refractivity contribution in [3.05, 3.63) is 35.0 Å². The summed E-state index contributed by atoms with van der Waals surface area (Å²) in [7, 11) is 0. The summed E-state index contributed by atoms with van der Waals surface area (Å²) in [5.41, 5.74) is 2.57. The minimum absolute atomic E-state index is 0.853. The third-order valence-electron chi connectivity index (χ3n) is 3.88. The van der Waals surface area contributed by atoms with E-state index in [-0.39, 0.29) is 0 Å². The summed E-state index contributed by atoms with van der Waals surface area (Å²) >= 11 is 6.35. The topological polar surface area (TPSA) is 20.2 Å². The van der Waals surface area contributed by atoms with Gasteiger partial charge in [0.1, 0.15) is 0 Å². The number of aryl methyl sites for hydroxylation is 1. The molecular weight excluding hydrogens is 258 g/mol. The second-order valence-electron chi connectivity index (χ2n) is 5.10. The number of rotatable bonds is 3. The Kier molecular flexibility index (Phi) is 3.78. The fraction of sp³-hybridized carbons (Fsp3) is 0.467. The second kappa shape index (κ2) is 5.53. The van der Waals surface area contributed by atoms with Crippen molar-refractivity contribution in [2.24, 2.45) is 0 Å². The van der Waals surface area contributed by atoms with E-state index >= 15 is 0 Å². The number of hydrogen-bond acceptors (Lipinski definition) is 2. The summed E-state index contributed by atoms with van der Waals surface area (Å²) in [6, 6.07) is 6.21. The maximum absolute atomic E-state index is 6.35. The Morgan fingerprint density at radius 3 is 2.79 bits per heavy atom. The molecule has 1 fully saturated rings. The Morgan fingerprint density at radius 2 is 2.05 bits per heavy atom. The zero-order valence-electron chi connectivity index (χ0n) is 11.3. The smallest absolute Gasteiger partial charge is 0.0672 e. The van der Waals surface area contributed by atoms with E-state index < -0.39 is 0 Å². The van der Waals surface area contributed by atoms with E-state index in [4.69, 9.17) is 11.6 Å². The summed E-state index contributed by atoms with van der Waals surface area (Å²) in [5, 5.41) is 5.55. The van der Waals surface area contributed by atoms with Crippen LogP contribution in [0.25, 0.3) is 10.9 Å². The molecule has 0 radical (unpaired) electrons. The molecular formula is C15H20ClN3. The van der Waals surface area contributed by atoms with E-state index in [1.165, 1.54) is 16.5 Å². The van der Waals surface area contributed by atoms with Gasteiger partial charge in [-0.25, -0.2) is 0 Å². The Labute approximate surface area is 119 Å². The van der Waals surface area contributed by atoms with Crippen molar-refractivity contribution in [2.75, 3.05) is 26.2 Å². The summed E-state index contributed by atoms with van der Waals surface area (Å²) in [5.74, 6) is 0. The van der Waals surface area contributed by atoms with Crippen LogP contribution in [0.3, 0.4) is 0 Å². The molecule has 0 atom stereocenters. The molecule has 0 amide bonds. The molecule has 0 unspecified atom stereocenters. The summed E-state index contributed by atoms with van der Waals surface area (Å²) in [4.78, 5) is 2.51. The molecule has 1 saturated heterocycles. The number of hydrogen-bond donors (Lipinski definition) is 1. The highest BCUT2D eigenvalue weighted by atomic mass is 35.5. The van der Waals surface area contributed by atoms with Crippen LogP contribution in [-0.2, 0) is 13.1 Å². The number of nitrogens with zero attached hydrogens (tertiary/aromatic N) is 2. The molecule has 0 aliphatic carbocycles. The third kappa shape index (κ3) is 2.50. The van der Waals surface area contributed by atoms with Crippen molar-refractivity contribution >= 4 is 22.5 Å². The van der Waals surface area contributed by atoms with Crippen LogP contribution in [0.15, 0.2) is 24.4 Å². The number of fused-ring (bicyclic) bond motifs is 1. The third-order valence-corrected chi connectivity index (χ3v) is 4.18. The lowest BCUT2D eigenvalue weighted by atomic mass is 10.1. The van der Waals surface area contributed by atoms with Crippen molar-refractivity contribution in [1.29, 1.82) is 0 Å². The van der Waals surface area contributed by atoms with E-state index in [0.29, 0.717) is 0 Å². The first kappa shape index (κ1) is 13.0. The molecule has 3 rings (SSSR count). The lowest BCUT2D eigenvalue weighted by molar-refractivity contribution is 0.234. The highest BCUT2D eigenvalue weighted by Gasteiger charge is 2.15. The van der Waals surface area contributed by atoms with Gasteiger partial charge in [-0.15, -0.1) is 0 Å². The van der Waals surface area contributed by atoms with Crippen molar-refractivity contribution in [3.63, 3.8) is 0 Å². The average Bonchev–Trinajstić information content (AvgIpc) is 2.80. The van der Waals surface area contributed by atoms with Gasteiger partial charge >= 0.3 is 0 Å².